The van der Waals surface area contributed by atoms with E-state index in [0.717, 1.165) is 13.0 Å². The SMILES string of the molecule is COc1cc(C(C)(F)F)nc(-n2nc(N3CC(C#N)C3)c3cnc(NC(C)=O)cc32)n1. The van der Waals surface area contributed by atoms with E-state index >= 15 is 0 Å². The standard InChI is InChI=1S/C19H18F2N8O2/c1-10(30)24-15-4-13-12(7-23-15)17(28-8-11(6-22)9-28)27-29(13)18-25-14(19(2,20)21)5-16(26-18)31-3/h4-5,7,11H,8-9H2,1-3H3,(H,23,24,30). The first-order valence-electron chi connectivity index (χ1n) is 9.32. The van der Waals surface area contributed by atoms with Gasteiger partial charge in [-0.15, -0.1) is 5.10 Å². The number of ether oxygens (including phenoxy) is 1. The number of nitrogens with one attached hydrogen (secondary N) is 1. The van der Waals surface area contributed by atoms with Gasteiger partial charge in [0.05, 0.1) is 30.0 Å². The number of pyridine rings is 1. The Morgan fingerprint density at radius 3 is 2.71 bits per heavy atom. The predicted molar refractivity (Wildman–Crippen MR) is 106 cm³/mol. The van der Waals surface area contributed by atoms with E-state index in [1.165, 1.54) is 24.9 Å². The Hall–Kier alpha value is -3.88. The molecule has 0 aliphatic carbocycles. The number of alkyl halides is 2. The van der Waals surface area contributed by atoms with Crippen LogP contribution in [0.25, 0.3) is 16.9 Å². The second kappa shape index (κ2) is 7.42. The van der Waals surface area contributed by atoms with Crippen molar-refractivity contribution in [2.24, 2.45) is 5.92 Å². The van der Waals surface area contributed by atoms with Crippen LogP contribution in [0.3, 0.4) is 0 Å². The normalized spacial score (nSPS) is 14.3. The van der Waals surface area contributed by atoms with Crippen LogP contribution in [-0.4, -0.2) is 50.8 Å². The van der Waals surface area contributed by atoms with Gasteiger partial charge < -0.3 is 15.0 Å². The molecule has 3 aromatic rings. The molecule has 0 atom stereocenters. The van der Waals surface area contributed by atoms with Gasteiger partial charge in [0.1, 0.15) is 11.5 Å². The molecule has 0 spiro atoms. The summed E-state index contributed by atoms with van der Waals surface area (Å²) in [5.74, 6) is -3.05. The predicted octanol–water partition coefficient (Wildman–Crippen LogP) is 2.25. The average Bonchev–Trinajstić information content (AvgIpc) is 3.04. The Balaban J connectivity index is 1.90. The average molecular weight is 428 g/mol. The largest absolute Gasteiger partial charge is 0.481 e. The molecule has 1 N–H and O–H groups in total. The van der Waals surface area contributed by atoms with Crippen LogP contribution in [0, 0.1) is 17.2 Å². The van der Waals surface area contributed by atoms with Gasteiger partial charge in [-0.05, 0) is 0 Å². The number of hydrogen-bond donors (Lipinski definition) is 1. The summed E-state index contributed by atoms with van der Waals surface area (Å²) in [6.45, 7) is 3.03. The number of methoxy groups -OCH3 is 1. The molecule has 0 radical (unpaired) electrons. The van der Waals surface area contributed by atoms with Crippen molar-refractivity contribution < 1.29 is 18.3 Å². The van der Waals surface area contributed by atoms with Crippen molar-refractivity contribution in [3.05, 3.63) is 24.0 Å². The Kier molecular flexibility index (Phi) is 4.88. The molecule has 0 saturated carbocycles. The Bertz CT molecular complexity index is 1210. The Labute approximate surface area is 175 Å². The van der Waals surface area contributed by atoms with Crippen LogP contribution < -0.4 is 15.0 Å². The minimum absolute atomic E-state index is 0.0450. The topological polar surface area (TPSA) is 122 Å². The van der Waals surface area contributed by atoms with Crippen LogP contribution >= 0.6 is 0 Å². The van der Waals surface area contributed by atoms with Crippen molar-refractivity contribution in [1.82, 2.24) is 24.7 Å². The summed E-state index contributed by atoms with van der Waals surface area (Å²) >= 11 is 0. The molecule has 0 bridgehead atoms. The van der Waals surface area contributed by atoms with Crippen LogP contribution in [0.15, 0.2) is 18.3 Å². The molecule has 0 aromatic carbocycles. The first-order chi connectivity index (χ1) is 14.7. The monoisotopic (exact) mass is 428 g/mol. The summed E-state index contributed by atoms with van der Waals surface area (Å²) in [7, 11) is 1.32. The molecule has 4 rings (SSSR count). The van der Waals surface area contributed by atoms with Crippen molar-refractivity contribution in [1.29, 1.82) is 5.26 Å². The zero-order valence-electron chi connectivity index (χ0n) is 16.9. The summed E-state index contributed by atoms with van der Waals surface area (Å²) in [6.07, 6.45) is 1.52. The van der Waals surface area contributed by atoms with Gasteiger partial charge in [-0.1, -0.05) is 0 Å². The third-order valence-electron chi connectivity index (χ3n) is 4.75. The maximum atomic E-state index is 14.0. The molecule has 1 fully saturated rings. The lowest BCUT2D eigenvalue weighted by molar-refractivity contribution is -0.114. The quantitative estimate of drug-likeness (QED) is 0.657. The van der Waals surface area contributed by atoms with E-state index in [9.17, 15) is 13.6 Å². The first-order valence-corrected chi connectivity index (χ1v) is 9.32. The number of anilines is 2. The molecule has 4 heterocycles. The third-order valence-corrected chi connectivity index (χ3v) is 4.75. The van der Waals surface area contributed by atoms with Gasteiger partial charge in [0.25, 0.3) is 11.9 Å². The van der Waals surface area contributed by atoms with Gasteiger partial charge in [0, 0.05) is 45.3 Å². The lowest BCUT2D eigenvalue weighted by atomic mass is 10.0. The summed E-state index contributed by atoms with van der Waals surface area (Å²) in [5.41, 5.74) is -0.0723. The van der Waals surface area contributed by atoms with E-state index in [-0.39, 0.29) is 29.5 Å². The minimum atomic E-state index is -3.23. The number of amides is 1. The van der Waals surface area contributed by atoms with Crippen molar-refractivity contribution in [2.75, 3.05) is 30.4 Å². The van der Waals surface area contributed by atoms with Crippen LogP contribution in [0.4, 0.5) is 20.4 Å². The minimum Gasteiger partial charge on any atom is -0.481 e. The van der Waals surface area contributed by atoms with Crippen molar-refractivity contribution in [2.45, 2.75) is 19.8 Å². The van der Waals surface area contributed by atoms with E-state index in [2.05, 4.69) is 31.4 Å². The number of hydrogen-bond acceptors (Lipinski definition) is 8. The summed E-state index contributed by atoms with van der Waals surface area (Å²) in [6, 6.07) is 4.81. The summed E-state index contributed by atoms with van der Waals surface area (Å²) in [5, 5.41) is 16.8. The summed E-state index contributed by atoms with van der Waals surface area (Å²) in [4.78, 5) is 25.7. The molecule has 12 heteroatoms. The van der Waals surface area contributed by atoms with E-state index in [0.29, 0.717) is 29.8 Å². The molecule has 1 aliphatic heterocycles. The smallest absolute Gasteiger partial charge is 0.287 e. The number of fused-ring (bicyclic) bond motifs is 1. The molecule has 1 saturated heterocycles. The maximum Gasteiger partial charge on any atom is 0.287 e. The zero-order valence-corrected chi connectivity index (χ0v) is 16.9. The van der Waals surface area contributed by atoms with Crippen LogP contribution in [0.2, 0.25) is 0 Å². The number of nitriles is 1. The van der Waals surface area contributed by atoms with E-state index in [4.69, 9.17) is 10.00 Å². The van der Waals surface area contributed by atoms with Gasteiger partial charge >= 0.3 is 0 Å². The highest BCUT2D eigenvalue weighted by atomic mass is 19.3. The van der Waals surface area contributed by atoms with Crippen LogP contribution in [0.1, 0.15) is 19.5 Å². The van der Waals surface area contributed by atoms with Crippen molar-refractivity contribution in [3.63, 3.8) is 0 Å². The number of rotatable bonds is 5. The van der Waals surface area contributed by atoms with Gasteiger partial charge in [-0.2, -0.15) is 23.7 Å². The summed E-state index contributed by atoms with van der Waals surface area (Å²) < 4.78 is 34.4. The molecule has 31 heavy (non-hydrogen) atoms. The van der Waals surface area contributed by atoms with E-state index in [1.807, 2.05) is 4.90 Å². The fourth-order valence-electron chi connectivity index (χ4n) is 3.20. The second-order valence-corrected chi connectivity index (χ2v) is 7.22. The number of carbonyl (C=O) groups is 1. The van der Waals surface area contributed by atoms with E-state index in [1.54, 1.807) is 6.07 Å². The van der Waals surface area contributed by atoms with E-state index < -0.39 is 11.6 Å². The highest BCUT2D eigenvalue weighted by molar-refractivity contribution is 5.95. The van der Waals surface area contributed by atoms with Gasteiger partial charge in [-0.3, -0.25) is 4.79 Å². The molecule has 1 aliphatic rings. The van der Waals surface area contributed by atoms with Crippen molar-refractivity contribution in [3.8, 4) is 17.9 Å². The van der Waals surface area contributed by atoms with Crippen LogP contribution in [-0.2, 0) is 10.7 Å². The van der Waals surface area contributed by atoms with Gasteiger partial charge in [0.15, 0.2) is 5.82 Å². The molecular formula is C19H18F2N8O2. The Morgan fingerprint density at radius 2 is 2.10 bits per heavy atom. The number of carbonyl (C=O) groups excluding carboxylic acids is 1. The molecule has 160 valence electrons. The van der Waals surface area contributed by atoms with Crippen LogP contribution in [0.5, 0.6) is 5.88 Å². The number of nitrogens with zero attached hydrogens (tertiary/aromatic N) is 7. The number of aromatic nitrogens is 5. The Morgan fingerprint density at radius 1 is 1.35 bits per heavy atom. The molecule has 3 aromatic heterocycles. The lowest BCUT2D eigenvalue weighted by Gasteiger charge is -2.35. The highest BCUT2D eigenvalue weighted by Crippen LogP contribution is 2.34. The lowest BCUT2D eigenvalue weighted by Crippen LogP contribution is -2.46. The van der Waals surface area contributed by atoms with Gasteiger partial charge in [-0.25, -0.2) is 9.97 Å². The molecule has 1 amide bonds. The third kappa shape index (κ3) is 3.81. The second-order valence-electron chi connectivity index (χ2n) is 7.22. The molecular weight excluding hydrogens is 410 g/mol. The molecule has 0 unspecified atom stereocenters. The first kappa shape index (κ1) is 20.4. The van der Waals surface area contributed by atoms with Crippen molar-refractivity contribution >= 4 is 28.4 Å². The zero-order chi connectivity index (χ0) is 22.3. The number of halogens is 2. The fourth-order valence-corrected chi connectivity index (χ4v) is 3.20. The molecule has 10 nitrogen and oxygen atoms in total. The fraction of sp³-hybridized carbons (Fsp3) is 0.368. The maximum absolute atomic E-state index is 14.0. The highest BCUT2D eigenvalue weighted by Gasteiger charge is 2.32. The van der Waals surface area contributed by atoms with Gasteiger partial charge in [0.2, 0.25) is 11.8 Å².